The number of ether oxygens (including phenoxy) is 1. The van der Waals surface area contributed by atoms with Crippen LogP contribution in [0.2, 0.25) is 0 Å². The van der Waals surface area contributed by atoms with Gasteiger partial charge in [0.2, 0.25) is 3.73 Å². The molecular formula is C9H9IN2O7. The van der Waals surface area contributed by atoms with Crippen LogP contribution in [0.4, 0.5) is 0 Å². The highest BCUT2D eigenvalue weighted by molar-refractivity contribution is 14.1. The van der Waals surface area contributed by atoms with E-state index in [0.717, 1.165) is 16.8 Å². The van der Waals surface area contributed by atoms with Crippen LogP contribution in [0.15, 0.2) is 21.9 Å². The van der Waals surface area contributed by atoms with Gasteiger partial charge in [0.25, 0.3) is 5.56 Å². The SMILES string of the molecule is O=C(O)[C@H]1O[C@@](I)(n2ccc(=O)[nH]c2=O)[C@H](O)[C@@H]1O. The number of hydrogen-bond acceptors (Lipinski definition) is 6. The second-order valence-electron chi connectivity index (χ2n) is 3.90. The second kappa shape index (κ2) is 4.70. The first-order valence-corrected chi connectivity index (χ1v) is 6.13. The molecule has 2 rings (SSSR count). The summed E-state index contributed by atoms with van der Waals surface area (Å²) in [4.78, 5) is 35.4. The largest absolute Gasteiger partial charge is 0.479 e. The average molecular weight is 384 g/mol. The highest BCUT2D eigenvalue weighted by atomic mass is 127. The van der Waals surface area contributed by atoms with Gasteiger partial charge in [0.15, 0.2) is 6.10 Å². The Morgan fingerprint density at radius 3 is 2.58 bits per heavy atom. The average Bonchev–Trinajstić information content (AvgIpc) is 2.54. The topological polar surface area (TPSA) is 142 Å². The molecule has 0 spiro atoms. The molecule has 1 aliphatic heterocycles. The molecule has 0 aliphatic carbocycles. The minimum Gasteiger partial charge on any atom is -0.479 e. The van der Waals surface area contributed by atoms with Crippen LogP contribution >= 0.6 is 22.6 Å². The van der Waals surface area contributed by atoms with Gasteiger partial charge in [0.1, 0.15) is 12.2 Å². The van der Waals surface area contributed by atoms with Crippen LogP contribution in [0.5, 0.6) is 0 Å². The van der Waals surface area contributed by atoms with E-state index in [-0.39, 0.29) is 0 Å². The summed E-state index contributed by atoms with van der Waals surface area (Å²) in [7, 11) is 0. The summed E-state index contributed by atoms with van der Waals surface area (Å²) in [6.07, 6.45) is -3.98. The van der Waals surface area contributed by atoms with Gasteiger partial charge in [-0.25, -0.2) is 9.59 Å². The first kappa shape index (κ1) is 14.2. The standard InChI is InChI=1S/C9H9IN2O7/c10-9(12-2-1-3(13)11-8(12)18)6(15)4(14)5(19-9)7(16)17/h1-2,4-6,14-15H,(H,16,17)(H,11,13,18)/t4-,5+,6-,9+/m1/s1. The van der Waals surface area contributed by atoms with Gasteiger partial charge in [-0.3, -0.25) is 14.3 Å². The summed E-state index contributed by atoms with van der Waals surface area (Å²) in [6, 6.07) is 1.01. The lowest BCUT2D eigenvalue weighted by molar-refractivity contribution is -0.156. The molecule has 0 saturated carbocycles. The molecule has 1 aliphatic rings. The van der Waals surface area contributed by atoms with Crippen LogP contribution in [0.1, 0.15) is 0 Å². The number of aromatic nitrogens is 2. The van der Waals surface area contributed by atoms with Crippen molar-refractivity contribution in [1.29, 1.82) is 0 Å². The van der Waals surface area contributed by atoms with Crippen molar-refractivity contribution in [3.05, 3.63) is 33.1 Å². The Hall–Kier alpha value is -1.24. The Kier molecular flexibility index (Phi) is 3.51. The predicted molar refractivity (Wildman–Crippen MR) is 67.8 cm³/mol. The number of aliphatic hydroxyl groups is 2. The fourth-order valence-corrected chi connectivity index (χ4v) is 2.77. The Bertz CT molecular complexity index is 625. The molecule has 19 heavy (non-hydrogen) atoms. The third-order valence-electron chi connectivity index (χ3n) is 2.69. The number of rotatable bonds is 2. The van der Waals surface area contributed by atoms with E-state index in [1.54, 1.807) is 0 Å². The molecule has 1 aromatic rings. The molecule has 0 radical (unpaired) electrons. The number of carbonyl (C=O) groups is 1. The molecular weight excluding hydrogens is 375 g/mol. The van der Waals surface area contributed by atoms with Crippen LogP contribution < -0.4 is 11.2 Å². The lowest BCUT2D eigenvalue weighted by atomic mass is 10.1. The van der Waals surface area contributed by atoms with Crippen LogP contribution in [-0.2, 0) is 13.3 Å². The Labute approximate surface area is 118 Å². The monoisotopic (exact) mass is 384 g/mol. The van der Waals surface area contributed by atoms with Crippen molar-refractivity contribution in [2.45, 2.75) is 22.0 Å². The highest BCUT2D eigenvalue weighted by Crippen LogP contribution is 2.40. The molecule has 1 fully saturated rings. The molecule has 0 amide bonds. The number of aromatic amines is 1. The molecule has 9 nitrogen and oxygen atoms in total. The number of carboxylic acids is 1. The number of halogens is 1. The van der Waals surface area contributed by atoms with Crippen molar-refractivity contribution in [3.63, 3.8) is 0 Å². The van der Waals surface area contributed by atoms with Crippen molar-refractivity contribution in [1.82, 2.24) is 9.55 Å². The smallest absolute Gasteiger partial charge is 0.335 e. The first-order valence-electron chi connectivity index (χ1n) is 5.05. The molecule has 0 aromatic carbocycles. The molecule has 104 valence electrons. The van der Waals surface area contributed by atoms with Gasteiger partial charge in [0, 0.05) is 12.3 Å². The maximum absolute atomic E-state index is 11.6. The summed E-state index contributed by atoms with van der Waals surface area (Å²) in [5.41, 5.74) is -1.54. The van der Waals surface area contributed by atoms with Gasteiger partial charge in [-0.05, 0) is 22.6 Å². The molecule has 10 heteroatoms. The van der Waals surface area contributed by atoms with Crippen molar-refractivity contribution >= 4 is 28.6 Å². The zero-order valence-corrected chi connectivity index (χ0v) is 11.3. The molecule has 1 saturated heterocycles. The Balaban J connectivity index is 2.51. The van der Waals surface area contributed by atoms with Crippen LogP contribution in [0.25, 0.3) is 0 Å². The minimum absolute atomic E-state index is 0.649. The normalized spacial score (nSPS) is 34.4. The summed E-state index contributed by atoms with van der Waals surface area (Å²) >= 11 is 1.50. The van der Waals surface area contributed by atoms with Crippen molar-refractivity contribution in [2.75, 3.05) is 0 Å². The quantitative estimate of drug-likeness (QED) is 0.335. The first-order chi connectivity index (χ1) is 8.77. The fraction of sp³-hybridized carbons (Fsp3) is 0.444. The Morgan fingerprint density at radius 1 is 1.47 bits per heavy atom. The maximum Gasteiger partial charge on any atom is 0.335 e. The number of aliphatic carboxylic acids is 1. The zero-order chi connectivity index (χ0) is 14.4. The minimum atomic E-state index is -1.82. The number of H-pyrrole nitrogens is 1. The van der Waals surface area contributed by atoms with E-state index in [1.807, 2.05) is 4.98 Å². The van der Waals surface area contributed by atoms with E-state index in [0.29, 0.717) is 0 Å². The fourth-order valence-electron chi connectivity index (χ4n) is 1.75. The summed E-state index contributed by atoms with van der Waals surface area (Å²) < 4.78 is 4.06. The van der Waals surface area contributed by atoms with Crippen molar-refractivity contribution in [3.8, 4) is 0 Å². The predicted octanol–water partition coefficient (Wildman–Crippen LogP) is -2.21. The van der Waals surface area contributed by atoms with E-state index < -0.39 is 39.3 Å². The van der Waals surface area contributed by atoms with E-state index in [2.05, 4.69) is 0 Å². The number of nitrogens with one attached hydrogen (secondary N) is 1. The van der Waals surface area contributed by atoms with Crippen molar-refractivity contribution in [2.24, 2.45) is 0 Å². The number of alkyl halides is 1. The van der Waals surface area contributed by atoms with Crippen molar-refractivity contribution < 1.29 is 24.9 Å². The summed E-state index contributed by atoms with van der Waals surface area (Å²) in [5, 5.41) is 28.4. The van der Waals surface area contributed by atoms with Crippen LogP contribution in [0, 0.1) is 0 Å². The third kappa shape index (κ3) is 2.20. The van der Waals surface area contributed by atoms with Gasteiger partial charge >= 0.3 is 11.7 Å². The molecule has 4 N–H and O–H groups in total. The number of aliphatic hydroxyl groups excluding tert-OH is 2. The van der Waals surface area contributed by atoms with E-state index in [1.165, 1.54) is 22.6 Å². The van der Waals surface area contributed by atoms with E-state index >= 15 is 0 Å². The summed E-state index contributed by atoms with van der Waals surface area (Å²) in [6.45, 7) is 0. The number of carboxylic acid groups (broad SMARTS) is 1. The lowest BCUT2D eigenvalue weighted by Crippen LogP contribution is -2.47. The summed E-state index contributed by atoms with van der Waals surface area (Å²) in [5.74, 6) is -1.47. The molecule has 4 atom stereocenters. The van der Waals surface area contributed by atoms with Gasteiger partial charge in [-0.2, -0.15) is 0 Å². The zero-order valence-electron chi connectivity index (χ0n) is 9.19. The Morgan fingerprint density at radius 2 is 2.11 bits per heavy atom. The molecule has 1 aromatic heterocycles. The number of hydrogen-bond donors (Lipinski definition) is 4. The van der Waals surface area contributed by atoms with E-state index in [4.69, 9.17) is 9.84 Å². The van der Waals surface area contributed by atoms with E-state index in [9.17, 15) is 24.6 Å². The lowest BCUT2D eigenvalue weighted by Gasteiger charge is -2.27. The maximum atomic E-state index is 11.6. The van der Waals surface area contributed by atoms with Gasteiger partial charge in [-0.15, -0.1) is 0 Å². The molecule has 0 bridgehead atoms. The van der Waals surface area contributed by atoms with Gasteiger partial charge < -0.3 is 20.1 Å². The molecule has 2 heterocycles. The van der Waals surface area contributed by atoms with Gasteiger partial charge in [0.05, 0.1) is 0 Å². The number of nitrogens with zero attached hydrogens (tertiary/aromatic N) is 1. The second-order valence-corrected chi connectivity index (χ2v) is 5.45. The third-order valence-corrected chi connectivity index (χ3v) is 4.10. The van der Waals surface area contributed by atoms with Gasteiger partial charge in [-0.1, -0.05) is 0 Å². The van der Waals surface area contributed by atoms with Crippen LogP contribution in [-0.4, -0.2) is 49.2 Å². The highest BCUT2D eigenvalue weighted by Gasteiger charge is 2.57. The molecule has 0 unspecified atom stereocenters. The van der Waals surface area contributed by atoms with Crippen LogP contribution in [0.3, 0.4) is 0 Å².